The second kappa shape index (κ2) is 7.12. The van der Waals surface area contributed by atoms with Gasteiger partial charge in [0.05, 0.1) is 7.11 Å². The van der Waals surface area contributed by atoms with E-state index < -0.39 is 0 Å². The lowest BCUT2D eigenvalue weighted by Gasteiger charge is -2.43. The normalized spacial score (nSPS) is 20.2. The monoisotopic (exact) mass is 354 g/mol. The summed E-state index contributed by atoms with van der Waals surface area (Å²) in [4.78, 5) is 2.58. The molecule has 3 nitrogen and oxygen atoms in total. The smallest absolute Gasteiger partial charge is 0.119 e. The van der Waals surface area contributed by atoms with Crippen molar-refractivity contribution in [3.05, 3.63) is 28.2 Å². The van der Waals surface area contributed by atoms with Crippen LogP contribution in [0.4, 0.5) is 0 Å². The molecule has 2 unspecified atom stereocenters. The third-order valence-corrected chi connectivity index (χ3v) is 5.81. The zero-order valence-electron chi connectivity index (χ0n) is 13.4. The topological polar surface area (TPSA) is 38.5 Å². The maximum Gasteiger partial charge on any atom is 0.119 e. The van der Waals surface area contributed by atoms with Gasteiger partial charge in [0, 0.05) is 16.1 Å². The molecule has 2 atom stereocenters. The van der Waals surface area contributed by atoms with E-state index in [1.54, 1.807) is 7.11 Å². The molecule has 1 aliphatic rings. The van der Waals surface area contributed by atoms with Gasteiger partial charge in [0.2, 0.25) is 0 Å². The summed E-state index contributed by atoms with van der Waals surface area (Å²) in [7, 11) is 1.70. The largest absolute Gasteiger partial charge is 0.497 e. The predicted molar refractivity (Wildman–Crippen MR) is 91.9 cm³/mol. The number of ether oxygens (including phenoxy) is 1. The molecule has 1 aromatic rings. The van der Waals surface area contributed by atoms with Crippen molar-refractivity contribution in [3.8, 4) is 5.75 Å². The van der Waals surface area contributed by atoms with Crippen LogP contribution in [0.2, 0.25) is 0 Å². The number of hydrogen-bond donors (Lipinski definition) is 1. The minimum atomic E-state index is 0.0685. The van der Waals surface area contributed by atoms with E-state index in [1.807, 2.05) is 12.1 Å². The van der Waals surface area contributed by atoms with E-state index in [1.165, 1.54) is 31.5 Å². The first-order valence-electron chi connectivity index (χ1n) is 7.84. The molecule has 1 saturated heterocycles. The SMILES string of the molecule is CCC(C)(C(N)Cc1cc(OC)ccc1Br)N1CCCC1. The summed E-state index contributed by atoms with van der Waals surface area (Å²) in [6.45, 7) is 6.92. The molecule has 0 bridgehead atoms. The first-order valence-corrected chi connectivity index (χ1v) is 8.63. The molecule has 0 amide bonds. The van der Waals surface area contributed by atoms with E-state index in [-0.39, 0.29) is 11.6 Å². The van der Waals surface area contributed by atoms with E-state index in [2.05, 4.69) is 40.7 Å². The lowest BCUT2D eigenvalue weighted by molar-refractivity contribution is 0.0998. The molecule has 118 valence electrons. The van der Waals surface area contributed by atoms with Gasteiger partial charge < -0.3 is 10.5 Å². The molecular formula is C17H27BrN2O. The number of halogens is 1. The van der Waals surface area contributed by atoms with Gasteiger partial charge in [0.1, 0.15) is 5.75 Å². The summed E-state index contributed by atoms with van der Waals surface area (Å²) < 4.78 is 6.44. The lowest BCUT2D eigenvalue weighted by atomic mass is 9.84. The van der Waals surface area contributed by atoms with Crippen LogP contribution in [0.1, 0.15) is 38.7 Å². The number of nitrogens with zero attached hydrogens (tertiary/aromatic N) is 1. The van der Waals surface area contributed by atoms with Gasteiger partial charge >= 0.3 is 0 Å². The Balaban J connectivity index is 2.17. The van der Waals surface area contributed by atoms with E-state index in [9.17, 15) is 0 Å². The molecule has 0 radical (unpaired) electrons. The number of rotatable bonds is 6. The van der Waals surface area contributed by atoms with Gasteiger partial charge in [-0.25, -0.2) is 0 Å². The van der Waals surface area contributed by atoms with Crippen molar-refractivity contribution in [3.63, 3.8) is 0 Å². The molecule has 1 fully saturated rings. The predicted octanol–water partition coefficient (Wildman–Crippen LogP) is 3.59. The van der Waals surface area contributed by atoms with Gasteiger partial charge in [-0.3, -0.25) is 4.90 Å². The summed E-state index contributed by atoms with van der Waals surface area (Å²) in [6.07, 6.45) is 4.53. The fourth-order valence-electron chi connectivity index (χ4n) is 3.24. The van der Waals surface area contributed by atoms with E-state index in [4.69, 9.17) is 10.5 Å². The minimum absolute atomic E-state index is 0.0685. The summed E-state index contributed by atoms with van der Waals surface area (Å²) in [5.74, 6) is 0.889. The molecular weight excluding hydrogens is 328 g/mol. The average molecular weight is 355 g/mol. The third-order valence-electron chi connectivity index (χ3n) is 5.04. The quantitative estimate of drug-likeness (QED) is 0.848. The fourth-order valence-corrected chi connectivity index (χ4v) is 3.65. The zero-order chi connectivity index (χ0) is 15.5. The maximum absolute atomic E-state index is 6.63. The van der Waals surface area contributed by atoms with Gasteiger partial charge in [-0.1, -0.05) is 22.9 Å². The van der Waals surface area contributed by atoms with Crippen molar-refractivity contribution in [2.75, 3.05) is 20.2 Å². The molecule has 21 heavy (non-hydrogen) atoms. The molecule has 2 rings (SSSR count). The van der Waals surface area contributed by atoms with Crippen LogP contribution in [-0.4, -0.2) is 36.7 Å². The Morgan fingerprint density at radius 1 is 1.38 bits per heavy atom. The minimum Gasteiger partial charge on any atom is -0.497 e. The van der Waals surface area contributed by atoms with Crippen molar-refractivity contribution < 1.29 is 4.74 Å². The first kappa shape index (κ1) is 16.8. The Kier molecular flexibility index (Phi) is 5.69. The molecule has 2 N–H and O–H groups in total. The van der Waals surface area contributed by atoms with E-state index in [0.29, 0.717) is 0 Å². The third kappa shape index (κ3) is 3.61. The van der Waals surface area contributed by atoms with Crippen LogP contribution in [0, 0.1) is 0 Å². The summed E-state index contributed by atoms with van der Waals surface area (Å²) in [6, 6.07) is 6.21. The number of methoxy groups -OCH3 is 1. The van der Waals surface area contributed by atoms with Gasteiger partial charge in [0.25, 0.3) is 0 Å². The fraction of sp³-hybridized carbons (Fsp3) is 0.647. The van der Waals surface area contributed by atoms with Crippen LogP contribution >= 0.6 is 15.9 Å². The van der Waals surface area contributed by atoms with Crippen molar-refractivity contribution in [2.45, 2.75) is 51.1 Å². The summed E-state index contributed by atoms with van der Waals surface area (Å²) in [5, 5.41) is 0. The summed E-state index contributed by atoms with van der Waals surface area (Å²) in [5.41, 5.74) is 7.92. The highest BCUT2D eigenvalue weighted by atomic mass is 79.9. The molecule has 1 aliphatic heterocycles. The van der Waals surface area contributed by atoms with E-state index in [0.717, 1.165) is 23.1 Å². The second-order valence-corrected chi connectivity index (χ2v) is 7.03. The highest BCUT2D eigenvalue weighted by Gasteiger charge is 2.37. The Morgan fingerprint density at radius 3 is 2.62 bits per heavy atom. The molecule has 0 saturated carbocycles. The van der Waals surface area contributed by atoms with Crippen molar-refractivity contribution in [1.82, 2.24) is 4.90 Å². The Morgan fingerprint density at radius 2 is 2.05 bits per heavy atom. The Labute approximate surface area is 137 Å². The molecule has 4 heteroatoms. The van der Waals surface area contributed by atoms with Gasteiger partial charge in [-0.15, -0.1) is 0 Å². The molecule has 0 aromatic heterocycles. The average Bonchev–Trinajstić information content (AvgIpc) is 3.03. The first-order chi connectivity index (χ1) is 10.0. The lowest BCUT2D eigenvalue weighted by Crippen LogP contribution is -2.57. The molecule has 0 spiro atoms. The Bertz CT molecular complexity index is 474. The molecule has 0 aliphatic carbocycles. The van der Waals surface area contributed by atoms with E-state index >= 15 is 0 Å². The Hall–Kier alpha value is -0.580. The zero-order valence-corrected chi connectivity index (χ0v) is 14.9. The standard InChI is InChI=1S/C17H27BrN2O/c1-4-17(2,20-9-5-6-10-20)16(19)12-13-11-14(21-3)7-8-15(13)18/h7-8,11,16H,4-6,9-10,12,19H2,1-3H3. The molecule has 1 heterocycles. The number of hydrogen-bond acceptors (Lipinski definition) is 3. The van der Waals surface area contributed by atoms with Crippen LogP contribution in [0.5, 0.6) is 5.75 Å². The van der Waals surface area contributed by atoms with Crippen LogP contribution in [0.15, 0.2) is 22.7 Å². The van der Waals surface area contributed by atoms with Crippen molar-refractivity contribution >= 4 is 15.9 Å². The van der Waals surface area contributed by atoms with Crippen LogP contribution < -0.4 is 10.5 Å². The van der Waals surface area contributed by atoms with Crippen LogP contribution in [0.25, 0.3) is 0 Å². The van der Waals surface area contributed by atoms with Crippen molar-refractivity contribution in [1.29, 1.82) is 0 Å². The highest BCUT2D eigenvalue weighted by molar-refractivity contribution is 9.10. The number of likely N-dealkylation sites (tertiary alicyclic amines) is 1. The maximum atomic E-state index is 6.63. The van der Waals surface area contributed by atoms with Gasteiger partial charge in [-0.2, -0.15) is 0 Å². The van der Waals surface area contributed by atoms with Gasteiger partial charge in [0.15, 0.2) is 0 Å². The van der Waals surface area contributed by atoms with Crippen LogP contribution in [0.3, 0.4) is 0 Å². The second-order valence-electron chi connectivity index (χ2n) is 6.17. The van der Waals surface area contributed by atoms with Gasteiger partial charge in [-0.05, 0) is 69.5 Å². The summed E-state index contributed by atoms with van der Waals surface area (Å²) >= 11 is 3.64. The molecule has 1 aromatic carbocycles. The number of benzene rings is 1. The number of nitrogens with two attached hydrogens (primary N) is 1. The van der Waals surface area contributed by atoms with Crippen LogP contribution in [-0.2, 0) is 6.42 Å². The highest BCUT2D eigenvalue weighted by Crippen LogP contribution is 2.31. The van der Waals surface area contributed by atoms with Crippen molar-refractivity contribution in [2.24, 2.45) is 5.73 Å².